The third kappa shape index (κ3) is 2.60. The van der Waals surface area contributed by atoms with Crippen molar-refractivity contribution in [2.45, 2.75) is 18.9 Å². The van der Waals surface area contributed by atoms with Crippen molar-refractivity contribution in [1.29, 1.82) is 0 Å². The van der Waals surface area contributed by atoms with Crippen molar-refractivity contribution in [3.8, 4) is 0 Å². The van der Waals surface area contributed by atoms with Gasteiger partial charge in [-0.15, -0.1) is 12.4 Å². The molecule has 0 spiro atoms. The van der Waals surface area contributed by atoms with E-state index >= 15 is 0 Å². The van der Waals surface area contributed by atoms with Gasteiger partial charge in [0, 0.05) is 19.6 Å². The van der Waals surface area contributed by atoms with E-state index in [0.717, 1.165) is 23.7 Å². The molecule has 0 radical (unpaired) electrons. The Bertz CT molecular complexity index is 475. The van der Waals surface area contributed by atoms with Crippen LogP contribution in [0.25, 0.3) is 10.2 Å². The summed E-state index contributed by atoms with van der Waals surface area (Å²) in [5.74, 6) is 0. The van der Waals surface area contributed by atoms with Crippen LogP contribution in [0, 0.1) is 0 Å². The number of nitrogens with one attached hydrogen (secondary N) is 1. The smallest absolute Gasteiger partial charge is 0.186 e. The van der Waals surface area contributed by atoms with Gasteiger partial charge >= 0.3 is 0 Å². The molecule has 1 fully saturated rings. The van der Waals surface area contributed by atoms with E-state index in [2.05, 4.69) is 35.5 Å². The first-order chi connectivity index (χ1) is 8.34. The number of piperidine rings is 1. The molecule has 1 aliphatic heterocycles. The molecule has 1 aromatic heterocycles. The molecule has 1 aromatic carbocycles. The number of benzene rings is 1. The van der Waals surface area contributed by atoms with Crippen LogP contribution in [0.1, 0.15) is 12.8 Å². The van der Waals surface area contributed by atoms with E-state index in [1.165, 1.54) is 17.5 Å². The van der Waals surface area contributed by atoms with Gasteiger partial charge in [0.1, 0.15) is 0 Å². The number of fused-ring (bicyclic) bond motifs is 1. The molecule has 0 unspecified atom stereocenters. The number of likely N-dealkylation sites (N-methyl/N-ethyl adjacent to an activating group) is 1. The first kappa shape index (κ1) is 13.6. The maximum atomic E-state index is 4.70. The highest BCUT2D eigenvalue weighted by molar-refractivity contribution is 7.22. The third-order valence-corrected chi connectivity index (χ3v) is 4.53. The predicted molar refractivity (Wildman–Crippen MR) is 81.2 cm³/mol. The Balaban J connectivity index is 0.00000120. The number of anilines is 1. The van der Waals surface area contributed by atoms with Crippen LogP contribution in [0.15, 0.2) is 24.3 Å². The Hall–Kier alpha value is -0.840. The van der Waals surface area contributed by atoms with Crippen LogP contribution in [0.4, 0.5) is 5.13 Å². The van der Waals surface area contributed by atoms with Crippen LogP contribution < -0.4 is 10.2 Å². The van der Waals surface area contributed by atoms with Crippen molar-refractivity contribution in [3.63, 3.8) is 0 Å². The standard InChI is InChI=1S/C13H17N3S.ClH/c1-16(10-5-4-8-14-9-10)13-15-11-6-2-3-7-12(11)17-13;/h2-3,6-7,10,14H,4-5,8-9H2,1H3;1H/t10-;/m1./s1. The average Bonchev–Trinajstić information content (AvgIpc) is 2.82. The number of thiazole rings is 1. The molecule has 1 atom stereocenters. The maximum Gasteiger partial charge on any atom is 0.186 e. The molecule has 1 saturated heterocycles. The van der Waals surface area contributed by atoms with Crippen LogP contribution in [0.5, 0.6) is 0 Å². The molecular weight excluding hydrogens is 266 g/mol. The van der Waals surface area contributed by atoms with Gasteiger partial charge in [-0.2, -0.15) is 0 Å². The SMILES string of the molecule is CN(c1nc2ccccc2s1)[C@@H]1CCCNC1.Cl. The molecule has 3 rings (SSSR count). The van der Waals surface area contributed by atoms with Gasteiger partial charge in [0.25, 0.3) is 0 Å². The minimum atomic E-state index is 0. The van der Waals surface area contributed by atoms with E-state index in [9.17, 15) is 0 Å². The molecule has 18 heavy (non-hydrogen) atoms. The lowest BCUT2D eigenvalue weighted by molar-refractivity contribution is 0.445. The Morgan fingerprint density at radius 3 is 2.94 bits per heavy atom. The van der Waals surface area contributed by atoms with Crippen LogP contribution in [0.3, 0.4) is 0 Å². The van der Waals surface area contributed by atoms with E-state index in [0.29, 0.717) is 6.04 Å². The fourth-order valence-electron chi connectivity index (χ4n) is 2.33. The highest BCUT2D eigenvalue weighted by atomic mass is 35.5. The van der Waals surface area contributed by atoms with Crippen LogP contribution >= 0.6 is 23.7 Å². The molecule has 0 amide bonds. The second kappa shape index (κ2) is 5.87. The molecule has 98 valence electrons. The summed E-state index contributed by atoms with van der Waals surface area (Å²) >= 11 is 1.79. The lowest BCUT2D eigenvalue weighted by Gasteiger charge is -2.31. The van der Waals surface area contributed by atoms with E-state index in [4.69, 9.17) is 4.98 Å². The zero-order valence-electron chi connectivity index (χ0n) is 10.4. The molecule has 2 heterocycles. The largest absolute Gasteiger partial charge is 0.347 e. The van der Waals surface area contributed by atoms with Gasteiger partial charge < -0.3 is 10.2 Å². The van der Waals surface area contributed by atoms with E-state index < -0.39 is 0 Å². The van der Waals surface area contributed by atoms with Gasteiger partial charge in [0.05, 0.1) is 10.2 Å². The fraction of sp³-hybridized carbons (Fsp3) is 0.462. The van der Waals surface area contributed by atoms with E-state index in [1.54, 1.807) is 11.3 Å². The molecule has 1 N–H and O–H groups in total. The summed E-state index contributed by atoms with van der Waals surface area (Å²) in [6.07, 6.45) is 2.53. The number of hydrogen-bond donors (Lipinski definition) is 1. The number of nitrogens with zero attached hydrogens (tertiary/aromatic N) is 2. The summed E-state index contributed by atoms with van der Waals surface area (Å²) < 4.78 is 1.28. The zero-order valence-corrected chi connectivity index (χ0v) is 12.1. The Kier molecular flexibility index (Phi) is 4.43. The van der Waals surface area contributed by atoms with Crippen molar-refractivity contribution in [2.24, 2.45) is 0 Å². The van der Waals surface area contributed by atoms with Crippen molar-refractivity contribution in [2.75, 3.05) is 25.0 Å². The first-order valence-corrected chi connectivity index (χ1v) is 6.95. The molecule has 1 aliphatic rings. The maximum absolute atomic E-state index is 4.70. The van der Waals surface area contributed by atoms with Crippen molar-refractivity contribution < 1.29 is 0 Å². The minimum Gasteiger partial charge on any atom is -0.347 e. The quantitative estimate of drug-likeness (QED) is 0.919. The van der Waals surface area contributed by atoms with Crippen LogP contribution in [-0.4, -0.2) is 31.2 Å². The summed E-state index contributed by atoms with van der Waals surface area (Å²) in [4.78, 5) is 7.03. The summed E-state index contributed by atoms with van der Waals surface area (Å²) in [6.45, 7) is 2.23. The Morgan fingerprint density at radius 1 is 1.39 bits per heavy atom. The highest BCUT2D eigenvalue weighted by Crippen LogP contribution is 2.29. The topological polar surface area (TPSA) is 28.2 Å². The molecule has 5 heteroatoms. The zero-order chi connectivity index (χ0) is 11.7. The van der Waals surface area contributed by atoms with Gasteiger partial charge in [-0.05, 0) is 31.5 Å². The van der Waals surface area contributed by atoms with E-state index in [-0.39, 0.29) is 12.4 Å². The van der Waals surface area contributed by atoms with Crippen molar-refractivity contribution in [3.05, 3.63) is 24.3 Å². The molecule has 0 bridgehead atoms. The van der Waals surface area contributed by atoms with Gasteiger partial charge in [-0.1, -0.05) is 23.5 Å². The lowest BCUT2D eigenvalue weighted by Crippen LogP contribution is -2.44. The lowest BCUT2D eigenvalue weighted by atomic mass is 10.1. The monoisotopic (exact) mass is 283 g/mol. The first-order valence-electron chi connectivity index (χ1n) is 6.14. The summed E-state index contributed by atoms with van der Waals surface area (Å²) in [6, 6.07) is 8.94. The number of halogens is 1. The van der Waals surface area contributed by atoms with Gasteiger partial charge in [-0.3, -0.25) is 0 Å². The Morgan fingerprint density at radius 2 is 2.22 bits per heavy atom. The minimum absolute atomic E-state index is 0. The summed E-state index contributed by atoms with van der Waals surface area (Å²) in [5, 5.41) is 4.59. The van der Waals surface area contributed by atoms with E-state index in [1.807, 2.05) is 6.07 Å². The third-order valence-electron chi connectivity index (χ3n) is 3.40. The highest BCUT2D eigenvalue weighted by Gasteiger charge is 2.20. The van der Waals surface area contributed by atoms with Crippen molar-refractivity contribution in [1.82, 2.24) is 10.3 Å². The van der Waals surface area contributed by atoms with Gasteiger partial charge in [-0.25, -0.2) is 4.98 Å². The fourth-order valence-corrected chi connectivity index (χ4v) is 3.33. The van der Waals surface area contributed by atoms with Crippen LogP contribution in [0.2, 0.25) is 0 Å². The normalized spacial score (nSPS) is 19.5. The molecular formula is C13H18ClN3S. The average molecular weight is 284 g/mol. The second-order valence-corrected chi connectivity index (χ2v) is 5.58. The Labute approximate surface area is 118 Å². The van der Waals surface area contributed by atoms with Gasteiger partial charge in [0.2, 0.25) is 0 Å². The van der Waals surface area contributed by atoms with Gasteiger partial charge in [0.15, 0.2) is 5.13 Å². The summed E-state index contributed by atoms with van der Waals surface area (Å²) in [7, 11) is 2.16. The number of para-hydroxylation sites is 1. The summed E-state index contributed by atoms with van der Waals surface area (Å²) in [5.41, 5.74) is 1.11. The number of aromatic nitrogens is 1. The number of rotatable bonds is 2. The molecule has 2 aromatic rings. The number of hydrogen-bond acceptors (Lipinski definition) is 4. The second-order valence-electron chi connectivity index (χ2n) is 4.58. The molecule has 3 nitrogen and oxygen atoms in total. The van der Waals surface area contributed by atoms with Crippen LogP contribution in [-0.2, 0) is 0 Å². The van der Waals surface area contributed by atoms with Crippen molar-refractivity contribution >= 4 is 39.1 Å². The molecule has 0 saturated carbocycles. The predicted octanol–water partition coefficient (Wildman–Crippen LogP) is 2.91. The molecule has 0 aliphatic carbocycles.